The zero-order chi connectivity index (χ0) is 8.06. The van der Waals surface area contributed by atoms with Crippen LogP contribution >= 0.6 is 0 Å². The summed E-state index contributed by atoms with van der Waals surface area (Å²) in [5.74, 6) is 0.630. The van der Waals surface area contributed by atoms with Crippen molar-refractivity contribution in [2.24, 2.45) is 11.8 Å². The summed E-state index contributed by atoms with van der Waals surface area (Å²) in [6.07, 6.45) is 3.53. The fourth-order valence-electron chi connectivity index (χ4n) is 2.53. The molecule has 0 aromatic rings. The van der Waals surface area contributed by atoms with E-state index in [1.54, 1.807) is 0 Å². The standard InChI is InChI=1S/C7H11FO2S/c8-11(9,10)7-4-5-1-2-6(7)3-5/h5-7H,1-4H2/t5-,6+,7?/m1/s1. The molecule has 2 aliphatic rings. The molecule has 3 atom stereocenters. The highest BCUT2D eigenvalue weighted by molar-refractivity contribution is 7.87. The molecule has 2 rings (SSSR count). The van der Waals surface area contributed by atoms with Gasteiger partial charge in [0.25, 0.3) is 0 Å². The molecule has 0 radical (unpaired) electrons. The van der Waals surface area contributed by atoms with Gasteiger partial charge in [0.2, 0.25) is 0 Å². The first-order valence-electron chi connectivity index (χ1n) is 4.01. The SMILES string of the molecule is O=S(=O)(F)C1C[C@@H]2CC[C@H]1C2. The van der Waals surface area contributed by atoms with Gasteiger partial charge in [-0.05, 0) is 31.1 Å². The van der Waals surface area contributed by atoms with Gasteiger partial charge in [-0.2, -0.15) is 8.42 Å². The normalized spacial score (nSPS) is 43.2. The van der Waals surface area contributed by atoms with E-state index < -0.39 is 15.5 Å². The van der Waals surface area contributed by atoms with E-state index in [1.165, 1.54) is 0 Å². The Morgan fingerprint density at radius 2 is 1.91 bits per heavy atom. The van der Waals surface area contributed by atoms with Crippen LogP contribution in [0, 0.1) is 11.8 Å². The molecule has 2 bridgehead atoms. The van der Waals surface area contributed by atoms with E-state index in [1.807, 2.05) is 0 Å². The Labute approximate surface area is 66.0 Å². The van der Waals surface area contributed by atoms with Crippen LogP contribution in [0.25, 0.3) is 0 Å². The van der Waals surface area contributed by atoms with Gasteiger partial charge in [-0.1, -0.05) is 6.42 Å². The summed E-state index contributed by atoms with van der Waals surface area (Å²) in [4.78, 5) is 0. The summed E-state index contributed by atoms with van der Waals surface area (Å²) in [6.45, 7) is 0. The number of rotatable bonds is 1. The highest BCUT2D eigenvalue weighted by atomic mass is 32.3. The second-order valence-electron chi connectivity index (χ2n) is 3.69. The smallest absolute Gasteiger partial charge is 0.195 e. The average Bonchev–Trinajstić information content (AvgIpc) is 2.42. The van der Waals surface area contributed by atoms with Gasteiger partial charge in [0.15, 0.2) is 0 Å². The van der Waals surface area contributed by atoms with Gasteiger partial charge in [0.1, 0.15) is 0 Å². The van der Waals surface area contributed by atoms with E-state index in [2.05, 4.69) is 0 Å². The molecular weight excluding hydrogens is 167 g/mol. The van der Waals surface area contributed by atoms with Crippen LogP contribution in [0.15, 0.2) is 0 Å². The quantitative estimate of drug-likeness (QED) is 0.570. The second-order valence-corrected chi connectivity index (χ2v) is 5.25. The highest BCUT2D eigenvalue weighted by Gasteiger charge is 2.46. The van der Waals surface area contributed by atoms with Crippen LogP contribution in [0.2, 0.25) is 0 Å². The van der Waals surface area contributed by atoms with Crippen molar-refractivity contribution in [2.75, 3.05) is 0 Å². The van der Waals surface area contributed by atoms with Crippen molar-refractivity contribution in [1.82, 2.24) is 0 Å². The summed E-state index contributed by atoms with van der Waals surface area (Å²) in [5, 5.41) is -0.652. The molecule has 2 aliphatic carbocycles. The van der Waals surface area contributed by atoms with Gasteiger partial charge >= 0.3 is 10.2 Å². The Bertz CT molecular complexity index is 260. The number of hydrogen-bond acceptors (Lipinski definition) is 2. The van der Waals surface area contributed by atoms with E-state index >= 15 is 0 Å². The molecule has 0 saturated heterocycles. The molecule has 0 aromatic carbocycles. The lowest BCUT2D eigenvalue weighted by atomic mass is 10.0. The average molecular weight is 178 g/mol. The summed E-state index contributed by atoms with van der Waals surface area (Å²) < 4.78 is 33.6. The number of halogens is 1. The van der Waals surface area contributed by atoms with E-state index in [0.29, 0.717) is 12.3 Å². The van der Waals surface area contributed by atoms with Crippen molar-refractivity contribution in [3.63, 3.8) is 0 Å². The fraction of sp³-hybridized carbons (Fsp3) is 1.00. The summed E-state index contributed by atoms with van der Waals surface area (Å²) in [7, 11) is -4.23. The zero-order valence-electron chi connectivity index (χ0n) is 6.16. The molecule has 2 saturated carbocycles. The second kappa shape index (κ2) is 2.19. The third kappa shape index (κ3) is 1.17. The Morgan fingerprint density at radius 3 is 2.18 bits per heavy atom. The van der Waals surface area contributed by atoms with Gasteiger partial charge < -0.3 is 0 Å². The predicted octanol–water partition coefficient (Wildman–Crippen LogP) is 1.47. The van der Waals surface area contributed by atoms with E-state index in [-0.39, 0.29) is 5.92 Å². The number of hydrogen-bond donors (Lipinski definition) is 0. The first-order valence-corrected chi connectivity index (χ1v) is 5.45. The summed E-state index contributed by atoms with van der Waals surface area (Å²) in [5.41, 5.74) is 0. The van der Waals surface area contributed by atoms with Crippen LogP contribution in [0.1, 0.15) is 25.7 Å². The van der Waals surface area contributed by atoms with Gasteiger partial charge in [-0.3, -0.25) is 0 Å². The molecular formula is C7H11FO2S. The van der Waals surface area contributed by atoms with Gasteiger partial charge in [0, 0.05) is 0 Å². The third-order valence-electron chi connectivity index (χ3n) is 3.03. The molecule has 0 aromatic heterocycles. The molecule has 0 N–H and O–H groups in total. The monoisotopic (exact) mass is 178 g/mol. The van der Waals surface area contributed by atoms with Crippen molar-refractivity contribution >= 4 is 10.2 Å². The van der Waals surface area contributed by atoms with Crippen LogP contribution in [-0.2, 0) is 10.2 Å². The minimum absolute atomic E-state index is 0.134. The first kappa shape index (κ1) is 7.53. The lowest BCUT2D eigenvalue weighted by Gasteiger charge is -2.16. The molecule has 0 heterocycles. The van der Waals surface area contributed by atoms with E-state index in [4.69, 9.17) is 0 Å². The lowest BCUT2D eigenvalue weighted by Crippen LogP contribution is -2.23. The number of fused-ring (bicyclic) bond motifs is 2. The molecule has 0 amide bonds. The Kier molecular flexibility index (Phi) is 1.50. The van der Waals surface area contributed by atoms with Crippen molar-refractivity contribution < 1.29 is 12.3 Å². The van der Waals surface area contributed by atoms with E-state index in [0.717, 1.165) is 19.3 Å². The minimum Gasteiger partial charge on any atom is -0.195 e. The topological polar surface area (TPSA) is 34.1 Å². The van der Waals surface area contributed by atoms with Gasteiger partial charge in [-0.15, -0.1) is 3.89 Å². The summed E-state index contributed by atoms with van der Waals surface area (Å²) >= 11 is 0. The maximum Gasteiger partial charge on any atom is 0.305 e. The van der Waals surface area contributed by atoms with Crippen molar-refractivity contribution in [2.45, 2.75) is 30.9 Å². The molecule has 4 heteroatoms. The van der Waals surface area contributed by atoms with E-state index in [9.17, 15) is 12.3 Å². The van der Waals surface area contributed by atoms with Crippen molar-refractivity contribution in [3.8, 4) is 0 Å². The van der Waals surface area contributed by atoms with Crippen LogP contribution in [-0.4, -0.2) is 13.7 Å². The van der Waals surface area contributed by atoms with Gasteiger partial charge in [0.05, 0.1) is 5.25 Å². The molecule has 0 aliphatic heterocycles. The first-order chi connectivity index (χ1) is 5.07. The fourth-order valence-corrected chi connectivity index (χ4v) is 3.74. The highest BCUT2D eigenvalue weighted by Crippen LogP contribution is 2.47. The van der Waals surface area contributed by atoms with Crippen molar-refractivity contribution in [3.05, 3.63) is 0 Å². The van der Waals surface area contributed by atoms with Crippen LogP contribution < -0.4 is 0 Å². The van der Waals surface area contributed by atoms with Crippen LogP contribution in [0.5, 0.6) is 0 Å². The van der Waals surface area contributed by atoms with Crippen LogP contribution in [0.3, 0.4) is 0 Å². The third-order valence-corrected chi connectivity index (χ3v) is 4.34. The molecule has 1 unspecified atom stereocenters. The Hall–Kier alpha value is -0.120. The molecule has 2 nitrogen and oxygen atoms in total. The zero-order valence-corrected chi connectivity index (χ0v) is 6.98. The predicted molar refractivity (Wildman–Crippen MR) is 39.3 cm³/mol. The molecule has 11 heavy (non-hydrogen) atoms. The van der Waals surface area contributed by atoms with Gasteiger partial charge in [-0.25, -0.2) is 0 Å². The largest absolute Gasteiger partial charge is 0.305 e. The molecule has 0 spiro atoms. The molecule has 64 valence electrons. The Balaban J connectivity index is 2.21. The molecule has 2 fully saturated rings. The Morgan fingerprint density at radius 1 is 1.18 bits per heavy atom. The lowest BCUT2D eigenvalue weighted by molar-refractivity contribution is 0.446. The van der Waals surface area contributed by atoms with Crippen LogP contribution in [0.4, 0.5) is 3.89 Å². The summed E-state index contributed by atoms with van der Waals surface area (Å²) in [6, 6.07) is 0. The maximum atomic E-state index is 12.5. The minimum atomic E-state index is -4.23. The van der Waals surface area contributed by atoms with Crippen molar-refractivity contribution in [1.29, 1.82) is 0 Å². The maximum absolute atomic E-state index is 12.5.